The summed E-state index contributed by atoms with van der Waals surface area (Å²) in [5, 5.41) is 9.19. The summed E-state index contributed by atoms with van der Waals surface area (Å²) < 4.78 is 30.3. The molecule has 1 N–H and O–H groups in total. The highest BCUT2D eigenvalue weighted by Crippen LogP contribution is 2.22. The molecule has 1 fully saturated rings. The molecule has 0 bridgehead atoms. The Balaban J connectivity index is 2.27. The maximum atomic E-state index is 12.4. The molecule has 1 aromatic rings. The van der Waals surface area contributed by atoms with E-state index in [1.165, 1.54) is 12.1 Å². The van der Waals surface area contributed by atoms with Crippen LogP contribution >= 0.6 is 0 Å². The third-order valence-corrected chi connectivity index (χ3v) is 5.51. The van der Waals surface area contributed by atoms with Crippen molar-refractivity contribution in [2.75, 3.05) is 12.4 Å². The van der Waals surface area contributed by atoms with Crippen LogP contribution in [-0.4, -0.2) is 38.0 Å². The first kappa shape index (κ1) is 16.0. The molecule has 0 amide bonds. The van der Waals surface area contributed by atoms with Crippen LogP contribution in [0.1, 0.15) is 42.1 Å². The van der Waals surface area contributed by atoms with Gasteiger partial charge < -0.3 is 9.84 Å². The number of carboxylic acids is 1. The van der Waals surface area contributed by atoms with E-state index in [-0.39, 0.29) is 22.3 Å². The Hall–Kier alpha value is -1.40. The van der Waals surface area contributed by atoms with Crippen LogP contribution in [0.3, 0.4) is 0 Å². The number of hydrogen-bond acceptors (Lipinski definition) is 4. The van der Waals surface area contributed by atoms with Crippen molar-refractivity contribution in [2.45, 2.75) is 43.6 Å². The molecule has 5 nitrogen and oxygen atoms in total. The van der Waals surface area contributed by atoms with Gasteiger partial charge in [-0.2, -0.15) is 0 Å². The van der Waals surface area contributed by atoms with Crippen molar-refractivity contribution < 1.29 is 23.1 Å². The Bertz CT molecular complexity index is 615. The second-order valence-corrected chi connectivity index (χ2v) is 7.28. The van der Waals surface area contributed by atoms with E-state index >= 15 is 0 Å². The van der Waals surface area contributed by atoms with Gasteiger partial charge in [0, 0.05) is 6.61 Å². The van der Waals surface area contributed by atoms with E-state index in [4.69, 9.17) is 4.74 Å². The van der Waals surface area contributed by atoms with Gasteiger partial charge in [0.15, 0.2) is 9.84 Å². The van der Waals surface area contributed by atoms with Crippen molar-refractivity contribution in [3.63, 3.8) is 0 Å². The molecule has 1 saturated heterocycles. The molecule has 1 unspecified atom stereocenters. The minimum atomic E-state index is -3.53. The van der Waals surface area contributed by atoms with Gasteiger partial charge in [0.1, 0.15) is 0 Å². The molecule has 1 heterocycles. The van der Waals surface area contributed by atoms with E-state index in [1.807, 2.05) is 6.92 Å². The standard InChI is InChI=1S/C15H20O5S/c1-2-11-6-7-13(9-14(11)15(16)17)21(18,19)10-12-5-3-4-8-20-12/h6-7,9,12H,2-5,8,10H2,1H3,(H,16,17). The molecule has 116 valence electrons. The summed E-state index contributed by atoms with van der Waals surface area (Å²) in [4.78, 5) is 11.3. The molecule has 2 rings (SSSR count). The zero-order chi connectivity index (χ0) is 15.5. The van der Waals surface area contributed by atoms with E-state index in [9.17, 15) is 18.3 Å². The highest BCUT2D eigenvalue weighted by Gasteiger charge is 2.25. The number of hydrogen-bond donors (Lipinski definition) is 1. The predicted molar refractivity (Wildman–Crippen MR) is 78.4 cm³/mol. The lowest BCUT2D eigenvalue weighted by Crippen LogP contribution is -2.27. The van der Waals surface area contributed by atoms with Crippen LogP contribution in [0.4, 0.5) is 0 Å². The molecular formula is C15H20O5S. The molecule has 21 heavy (non-hydrogen) atoms. The summed E-state index contributed by atoms with van der Waals surface area (Å²) in [5.41, 5.74) is 0.693. The van der Waals surface area contributed by atoms with Crippen LogP contribution in [-0.2, 0) is 21.0 Å². The van der Waals surface area contributed by atoms with Crippen LogP contribution in [0.15, 0.2) is 23.1 Å². The average molecular weight is 312 g/mol. The summed E-state index contributed by atoms with van der Waals surface area (Å²) in [6.45, 7) is 2.43. The van der Waals surface area contributed by atoms with Gasteiger partial charge in [0.25, 0.3) is 0 Å². The number of ether oxygens (including phenoxy) is 1. The summed E-state index contributed by atoms with van der Waals surface area (Å²) in [7, 11) is -3.53. The zero-order valence-electron chi connectivity index (χ0n) is 12.0. The Kier molecular flexibility index (Phi) is 5.00. The molecule has 0 radical (unpaired) electrons. The summed E-state index contributed by atoms with van der Waals surface area (Å²) >= 11 is 0. The molecule has 0 spiro atoms. The van der Waals surface area contributed by atoms with Crippen LogP contribution in [0, 0.1) is 0 Å². The Labute approximate surface area is 124 Å². The minimum Gasteiger partial charge on any atom is -0.478 e. The zero-order valence-corrected chi connectivity index (χ0v) is 12.9. The van der Waals surface area contributed by atoms with Crippen LogP contribution in [0.5, 0.6) is 0 Å². The van der Waals surface area contributed by atoms with Gasteiger partial charge in [0.2, 0.25) is 0 Å². The molecule has 1 aromatic carbocycles. The van der Waals surface area contributed by atoms with Gasteiger partial charge in [-0.15, -0.1) is 0 Å². The number of aromatic carboxylic acids is 1. The predicted octanol–water partition coefficient (Wildman–Crippen LogP) is 2.29. The van der Waals surface area contributed by atoms with E-state index < -0.39 is 15.8 Å². The maximum absolute atomic E-state index is 12.4. The van der Waals surface area contributed by atoms with Crippen molar-refractivity contribution >= 4 is 15.8 Å². The average Bonchev–Trinajstić information content (AvgIpc) is 2.47. The summed E-state index contributed by atoms with van der Waals surface area (Å²) in [6, 6.07) is 4.33. The van der Waals surface area contributed by atoms with Gasteiger partial charge in [-0.3, -0.25) is 0 Å². The Morgan fingerprint density at radius 1 is 1.38 bits per heavy atom. The highest BCUT2D eigenvalue weighted by molar-refractivity contribution is 7.91. The SMILES string of the molecule is CCc1ccc(S(=O)(=O)CC2CCCCO2)cc1C(=O)O. The lowest BCUT2D eigenvalue weighted by atomic mass is 10.1. The Morgan fingerprint density at radius 2 is 2.14 bits per heavy atom. The van der Waals surface area contributed by atoms with E-state index in [2.05, 4.69) is 0 Å². The van der Waals surface area contributed by atoms with E-state index in [0.717, 1.165) is 19.3 Å². The molecule has 1 atom stereocenters. The number of aryl methyl sites for hydroxylation is 1. The number of rotatable bonds is 5. The minimum absolute atomic E-state index is 0.0585. The summed E-state index contributed by atoms with van der Waals surface area (Å²) in [5.74, 6) is -1.19. The van der Waals surface area contributed by atoms with E-state index in [1.54, 1.807) is 6.07 Å². The quantitative estimate of drug-likeness (QED) is 0.902. The van der Waals surface area contributed by atoms with Gasteiger partial charge in [-0.25, -0.2) is 13.2 Å². The van der Waals surface area contributed by atoms with Crippen molar-refractivity contribution in [1.29, 1.82) is 0 Å². The third-order valence-electron chi connectivity index (χ3n) is 3.73. The number of benzene rings is 1. The third kappa shape index (κ3) is 3.83. The van der Waals surface area contributed by atoms with Crippen LogP contribution in [0.2, 0.25) is 0 Å². The van der Waals surface area contributed by atoms with Gasteiger partial charge in [-0.1, -0.05) is 13.0 Å². The highest BCUT2D eigenvalue weighted by atomic mass is 32.2. The molecule has 0 saturated carbocycles. The molecular weight excluding hydrogens is 292 g/mol. The number of carbonyl (C=O) groups is 1. The van der Waals surface area contributed by atoms with Gasteiger partial charge in [-0.05, 0) is 43.4 Å². The fourth-order valence-electron chi connectivity index (χ4n) is 2.54. The summed E-state index contributed by atoms with van der Waals surface area (Å²) in [6.07, 6.45) is 2.93. The topological polar surface area (TPSA) is 80.7 Å². The smallest absolute Gasteiger partial charge is 0.336 e. The maximum Gasteiger partial charge on any atom is 0.336 e. The molecule has 1 aliphatic heterocycles. The molecule has 0 aliphatic carbocycles. The molecule has 0 aromatic heterocycles. The first-order chi connectivity index (χ1) is 9.94. The van der Waals surface area contributed by atoms with Crippen molar-refractivity contribution in [3.8, 4) is 0 Å². The fourth-order valence-corrected chi connectivity index (χ4v) is 4.05. The van der Waals surface area contributed by atoms with Gasteiger partial charge in [0.05, 0.1) is 22.3 Å². The van der Waals surface area contributed by atoms with Crippen LogP contribution < -0.4 is 0 Å². The van der Waals surface area contributed by atoms with Crippen LogP contribution in [0.25, 0.3) is 0 Å². The Morgan fingerprint density at radius 3 is 2.71 bits per heavy atom. The number of carboxylic acid groups (broad SMARTS) is 1. The van der Waals surface area contributed by atoms with E-state index in [0.29, 0.717) is 18.6 Å². The first-order valence-electron chi connectivity index (χ1n) is 7.14. The second-order valence-electron chi connectivity index (χ2n) is 5.25. The molecule has 6 heteroatoms. The monoisotopic (exact) mass is 312 g/mol. The normalized spacial score (nSPS) is 19.4. The number of sulfone groups is 1. The largest absolute Gasteiger partial charge is 0.478 e. The van der Waals surface area contributed by atoms with Gasteiger partial charge >= 0.3 is 5.97 Å². The fraction of sp³-hybridized carbons (Fsp3) is 0.533. The lowest BCUT2D eigenvalue weighted by Gasteiger charge is -2.22. The van der Waals surface area contributed by atoms with Crippen molar-refractivity contribution in [1.82, 2.24) is 0 Å². The molecule has 1 aliphatic rings. The van der Waals surface area contributed by atoms with Crippen molar-refractivity contribution in [2.24, 2.45) is 0 Å². The second kappa shape index (κ2) is 6.58. The first-order valence-corrected chi connectivity index (χ1v) is 8.80. The lowest BCUT2D eigenvalue weighted by molar-refractivity contribution is 0.0305. The van der Waals surface area contributed by atoms with Crippen molar-refractivity contribution in [3.05, 3.63) is 29.3 Å².